The number of hydrogen-bond donors (Lipinski definition) is 5. The quantitative estimate of drug-likeness (QED) is 0.0421. The van der Waals surface area contributed by atoms with Crippen LogP contribution in [0.25, 0.3) is 45.0 Å². The van der Waals surface area contributed by atoms with Crippen molar-refractivity contribution in [2.24, 2.45) is 5.92 Å². The van der Waals surface area contributed by atoms with E-state index in [0.29, 0.717) is 147 Å². The van der Waals surface area contributed by atoms with Gasteiger partial charge < -0.3 is 35.6 Å². The Morgan fingerprint density at radius 2 is 0.703 bits per heavy atom. The van der Waals surface area contributed by atoms with Crippen molar-refractivity contribution in [2.75, 3.05) is 94.5 Å². The van der Waals surface area contributed by atoms with Gasteiger partial charge in [0.15, 0.2) is 0 Å². The minimum absolute atomic E-state index is 0.0427. The van der Waals surface area contributed by atoms with Crippen LogP contribution in [0.2, 0.25) is 20.1 Å². The Balaban J connectivity index is 0.000000155. The molecule has 2 saturated heterocycles. The van der Waals surface area contributed by atoms with E-state index >= 15 is 0 Å². The summed E-state index contributed by atoms with van der Waals surface area (Å²) in [6, 6.07) is 68.2. The predicted molar refractivity (Wildman–Crippen MR) is 463 cm³/mol. The van der Waals surface area contributed by atoms with Gasteiger partial charge in [0, 0.05) is 131 Å². The van der Waals surface area contributed by atoms with E-state index in [1.165, 1.54) is 57.1 Å². The first-order valence-electron chi connectivity index (χ1n) is 37.0. The van der Waals surface area contributed by atoms with Crippen LogP contribution < -0.4 is 26.0 Å². The first-order valence-corrected chi connectivity index (χ1v) is 42.8. The number of carbonyl (C=O) groups is 4. The Morgan fingerprint density at radius 1 is 0.381 bits per heavy atom. The molecule has 12 aromatic rings. The number of morpholine rings is 2. The number of carbonyl (C=O) groups excluding carboxylic acids is 4. The number of sulfonamides is 3. The van der Waals surface area contributed by atoms with Gasteiger partial charge in [-0.3, -0.25) is 39.1 Å². The van der Waals surface area contributed by atoms with E-state index in [9.17, 15) is 44.4 Å². The summed E-state index contributed by atoms with van der Waals surface area (Å²) < 4.78 is 91.8. The maximum absolute atomic E-state index is 12.9. The van der Waals surface area contributed by atoms with Crippen LogP contribution in [-0.2, 0) is 46.1 Å². The highest BCUT2D eigenvalue weighted by atomic mass is 35.5. The van der Waals surface area contributed by atoms with Crippen molar-refractivity contribution in [3.8, 4) is 45.0 Å². The Hall–Kier alpha value is -11.0. The average molecular weight is 1730 g/mol. The molecular weight excluding hydrogens is 1640 g/mol. The molecule has 14 rings (SSSR count). The molecule has 0 atom stereocenters. The Morgan fingerprint density at radius 3 is 1.03 bits per heavy atom. The van der Waals surface area contributed by atoms with Crippen LogP contribution in [0.4, 0.5) is 22.7 Å². The third-order valence-corrected chi connectivity index (χ3v) is 24.4. The largest absolute Gasteiger partial charge is 0.379 e. The van der Waals surface area contributed by atoms with Crippen molar-refractivity contribution in [3.05, 3.63) is 315 Å². The monoisotopic (exact) mass is 1720 g/mol. The van der Waals surface area contributed by atoms with Gasteiger partial charge in [-0.25, -0.2) is 30.0 Å². The van der Waals surface area contributed by atoms with Gasteiger partial charge >= 0.3 is 0 Å². The molecular formula is C87H82Cl4N12O12S3. The van der Waals surface area contributed by atoms with E-state index in [1.807, 2.05) is 119 Å². The number of rotatable bonds is 22. The molecule has 2 fully saturated rings. The smallest absolute Gasteiger partial charge is 0.255 e. The summed E-state index contributed by atoms with van der Waals surface area (Å²) in [6.45, 7) is 7.67. The summed E-state index contributed by atoms with van der Waals surface area (Å²) in [7, 11) is -6.96. The van der Waals surface area contributed by atoms with E-state index in [4.69, 9.17) is 55.9 Å². The number of amides is 4. The first-order chi connectivity index (χ1) is 56.7. The van der Waals surface area contributed by atoms with Gasteiger partial charge in [0.05, 0.1) is 84.0 Å². The summed E-state index contributed by atoms with van der Waals surface area (Å²) in [4.78, 5) is 70.3. The molecule has 2 aliphatic heterocycles. The van der Waals surface area contributed by atoms with Crippen LogP contribution in [0.3, 0.4) is 0 Å². The van der Waals surface area contributed by atoms with Crippen LogP contribution in [0.1, 0.15) is 60.8 Å². The normalized spacial score (nSPS) is 13.1. The van der Waals surface area contributed by atoms with E-state index in [-0.39, 0.29) is 43.5 Å². The zero-order chi connectivity index (χ0) is 83.9. The maximum Gasteiger partial charge on any atom is 0.255 e. The molecule has 0 aliphatic carbocycles. The minimum Gasteiger partial charge on any atom is -0.379 e. The number of nitrogens with zero attached hydrogens (tertiary/aromatic N) is 7. The molecule has 0 saturated carbocycles. The van der Waals surface area contributed by atoms with Crippen molar-refractivity contribution in [1.82, 2.24) is 38.2 Å². The van der Waals surface area contributed by atoms with Crippen molar-refractivity contribution < 1.29 is 53.9 Å². The highest BCUT2D eigenvalue weighted by Gasteiger charge is 2.29. The van der Waals surface area contributed by atoms with Crippen LogP contribution in [0, 0.1) is 5.92 Å². The van der Waals surface area contributed by atoms with Gasteiger partial charge in [0.2, 0.25) is 30.1 Å². The number of anilines is 4. The standard InChI is InChI=1S/2C22H20ClN3O4S.C22H22ClN3O3S.C21H20ClN3O/c23-20-8-7-17(15-19(20)21-6-1-2-9-24-21)25-22(27)16-4-3-5-18(14-16)31(28,29)26-10-12-30-13-11-26;23-20-9-6-17(15-19(20)21-3-1-2-10-24-21)25-22(27)16-4-7-18(8-5-16)31(28,29)26-11-13-30-14-12-26;1-15(2)14-25-30(28,29)18-7-5-6-16(12-18)22(27)26-17-9-10-20(23)19(13-17)21-8-3-4-11-24-21;1-25(2)14-15-6-8-16(9-7-15)21(26)24-17-10-11-19(22)18(13-17)20-5-3-4-12-23-20/h1-9,14-15H,10-13H2,(H,25,27);1-10,15H,11-14H2,(H,25,27);3-13,15,25H,14H2,1-2H3,(H,26,27);3-13H,14H2,1-2H3,(H,24,26). The number of nitrogens with one attached hydrogen (secondary N) is 5. The van der Waals surface area contributed by atoms with E-state index in [2.05, 4.69) is 50.8 Å². The Bertz CT molecular complexity index is 5850. The van der Waals surface area contributed by atoms with Gasteiger partial charge in [0.1, 0.15) is 0 Å². The lowest BCUT2D eigenvalue weighted by molar-refractivity contribution is 0.0730. The lowest BCUT2D eigenvalue weighted by atomic mass is 10.1. The first kappa shape index (κ1) is 87.8. The maximum atomic E-state index is 12.9. The third-order valence-electron chi connectivity index (χ3n) is 17.9. The Kier molecular flexibility index (Phi) is 30.8. The summed E-state index contributed by atoms with van der Waals surface area (Å²) in [5, 5.41) is 13.5. The topological polar surface area (TPSA) is 311 Å². The second-order valence-electron chi connectivity index (χ2n) is 27.2. The SMILES string of the molecule is CC(C)CNS(=O)(=O)c1cccc(C(=O)Nc2ccc(Cl)c(-c3ccccn3)c2)c1.CN(C)Cc1ccc(C(=O)Nc2ccc(Cl)c(-c3ccccn3)c2)cc1.O=C(Nc1ccc(Cl)c(-c2ccccn2)c1)c1ccc(S(=O)(=O)N2CCOCC2)cc1.O=C(Nc1ccc(Cl)c(-c2ccccn2)c1)c1cccc(S(=O)(=O)N2CCOCC2)c1. The molecule has 0 spiro atoms. The third kappa shape index (κ3) is 24.1. The molecule has 0 bridgehead atoms. The number of aromatic nitrogens is 4. The highest BCUT2D eigenvalue weighted by Crippen LogP contribution is 2.35. The summed E-state index contributed by atoms with van der Waals surface area (Å²) in [5.74, 6) is -1.19. The highest BCUT2D eigenvalue weighted by molar-refractivity contribution is 7.89. The van der Waals surface area contributed by atoms with Gasteiger partial charge in [0.25, 0.3) is 23.6 Å². The molecule has 6 heterocycles. The molecule has 2 aliphatic rings. The van der Waals surface area contributed by atoms with Crippen LogP contribution >= 0.6 is 46.4 Å². The summed E-state index contributed by atoms with van der Waals surface area (Å²) >= 11 is 25.2. The average Bonchev–Trinajstić information content (AvgIpc) is 0.804. The van der Waals surface area contributed by atoms with Crippen molar-refractivity contribution in [2.45, 2.75) is 35.1 Å². The molecule has 8 aromatic carbocycles. The Labute approximate surface area is 705 Å². The number of ether oxygens (including phenoxy) is 2. The van der Waals surface area contributed by atoms with E-state index in [1.54, 1.807) is 128 Å². The van der Waals surface area contributed by atoms with E-state index in [0.717, 1.165) is 23.4 Å². The number of pyridine rings is 4. The molecule has 0 radical (unpaired) electrons. The number of halogens is 4. The van der Waals surface area contributed by atoms with Crippen LogP contribution in [0.5, 0.6) is 0 Å². The van der Waals surface area contributed by atoms with Gasteiger partial charge in [-0.15, -0.1) is 0 Å². The predicted octanol–water partition coefficient (Wildman–Crippen LogP) is 16.7. The zero-order valence-corrected chi connectivity index (χ0v) is 69.8. The zero-order valence-electron chi connectivity index (χ0n) is 64.3. The van der Waals surface area contributed by atoms with E-state index < -0.39 is 41.9 Å². The summed E-state index contributed by atoms with van der Waals surface area (Å²) in [5.41, 5.74) is 10.6. The number of hydrogen-bond acceptors (Lipinski definition) is 17. The van der Waals surface area contributed by atoms with Crippen molar-refractivity contribution >= 4 is 123 Å². The van der Waals surface area contributed by atoms with Crippen LogP contribution in [-0.4, -0.2) is 156 Å². The second-order valence-corrected chi connectivity index (χ2v) is 34.5. The number of benzene rings is 8. The fraction of sp³-hybridized carbons (Fsp3) is 0.172. The summed E-state index contributed by atoms with van der Waals surface area (Å²) in [6.07, 6.45) is 6.71. The lowest BCUT2D eigenvalue weighted by Gasteiger charge is -2.26. The fourth-order valence-corrected chi connectivity index (χ4v) is 16.8. The molecule has 4 amide bonds. The molecule has 31 heteroatoms. The molecule has 0 unspecified atom stereocenters. The second kappa shape index (κ2) is 41.4. The molecule has 608 valence electrons. The minimum atomic E-state index is -3.69. The van der Waals surface area contributed by atoms with Gasteiger partial charge in [-0.05, 0) is 220 Å². The van der Waals surface area contributed by atoms with Gasteiger partial charge in [-0.1, -0.05) is 109 Å². The van der Waals surface area contributed by atoms with Gasteiger partial charge in [-0.2, -0.15) is 8.61 Å². The molecule has 118 heavy (non-hydrogen) atoms. The molecule has 5 N–H and O–H groups in total. The van der Waals surface area contributed by atoms with Crippen molar-refractivity contribution in [3.63, 3.8) is 0 Å². The molecule has 4 aromatic heterocycles. The lowest BCUT2D eigenvalue weighted by Crippen LogP contribution is -2.40. The fourth-order valence-electron chi connectivity index (χ4n) is 11.8. The molecule has 24 nitrogen and oxygen atoms in total. The van der Waals surface area contributed by atoms with Crippen LogP contribution in [0.15, 0.2) is 282 Å². The van der Waals surface area contributed by atoms with Crippen molar-refractivity contribution in [1.29, 1.82) is 0 Å².